The molecule has 0 aromatic heterocycles. The summed E-state index contributed by atoms with van der Waals surface area (Å²) in [5.41, 5.74) is 8.13. The second-order valence-corrected chi connectivity index (χ2v) is 5.24. The van der Waals surface area contributed by atoms with Crippen molar-refractivity contribution < 1.29 is 8.78 Å². The predicted molar refractivity (Wildman–Crippen MR) is 78.3 cm³/mol. The molecule has 1 atom stereocenters. The van der Waals surface area contributed by atoms with E-state index in [2.05, 4.69) is 6.92 Å². The maximum Gasteiger partial charge on any atom is 0.126 e. The van der Waals surface area contributed by atoms with Crippen molar-refractivity contribution in [3.63, 3.8) is 0 Å². The van der Waals surface area contributed by atoms with Crippen molar-refractivity contribution in [2.24, 2.45) is 11.7 Å². The Hall–Kier alpha value is -1.74. The third kappa shape index (κ3) is 3.87. The zero-order valence-corrected chi connectivity index (χ0v) is 11.6. The van der Waals surface area contributed by atoms with Gasteiger partial charge in [-0.25, -0.2) is 8.78 Å². The molecule has 2 aromatic carbocycles. The fourth-order valence-corrected chi connectivity index (χ4v) is 2.34. The van der Waals surface area contributed by atoms with Crippen molar-refractivity contribution in [3.8, 4) is 11.1 Å². The third-order valence-electron chi connectivity index (χ3n) is 3.39. The first-order valence-corrected chi connectivity index (χ1v) is 6.84. The van der Waals surface area contributed by atoms with Crippen molar-refractivity contribution in [2.75, 3.05) is 6.54 Å². The molecule has 20 heavy (non-hydrogen) atoms. The van der Waals surface area contributed by atoms with E-state index in [1.165, 1.54) is 17.7 Å². The van der Waals surface area contributed by atoms with E-state index in [4.69, 9.17) is 5.73 Å². The van der Waals surface area contributed by atoms with Crippen molar-refractivity contribution in [2.45, 2.75) is 19.8 Å². The molecule has 0 amide bonds. The Morgan fingerprint density at radius 1 is 0.950 bits per heavy atom. The van der Waals surface area contributed by atoms with E-state index in [0.717, 1.165) is 24.5 Å². The van der Waals surface area contributed by atoms with Gasteiger partial charge in [0.2, 0.25) is 0 Å². The standard InChI is InChI=1S/C17H19F2N/c1-12(6-7-20)8-13-2-4-14(5-3-13)15-9-16(18)11-17(19)10-15/h2-5,9-12H,6-8,20H2,1H3. The largest absolute Gasteiger partial charge is 0.330 e. The van der Waals surface area contributed by atoms with Crippen molar-refractivity contribution in [1.29, 1.82) is 0 Å². The van der Waals surface area contributed by atoms with Gasteiger partial charge in [-0.2, -0.15) is 0 Å². The van der Waals surface area contributed by atoms with Crippen LogP contribution in [0.5, 0.6) is 0 Å². The topological polar surface area (TPSA) is 26.0 Å². The first-order valence-electron chi connectivity index (χ1n) is 6.84. The molecule has 0 radical (unpaired) electrons. The highest BCUT2D eigenvalue weighted by molar-refractivity contribution is 5.63. The average molecular weight is 275 g/mol. The molecule has 2 rings (SSSR count). The molecule has 0 heterocycles. The van der Waals surface area contributed by atoms with E-state index < -0.39 is 11.6 Å². The van der Waals surface area contributed by atoms with E-state index in [1.807, 2.05) is 24.3 Å². The Morgan fingerprint density at radius 3 is 2.10 bits per heavy atom. The number of hydrogen-bond acceptors (Lipinski definition) is 1. The lowest BCUT2D eigenvalue weighted by atomic mass is 9.96. The maximum atomic E-state index is 13.2. The highest BCUT2D eigenvalue weighted by Gasteiger charge is 2.05. The van der Waals surface area contributed by atoms with Crippen LogP contribution in [-0.2, 0) is 6.42 Å². The molecule has 0 aliphatic heterocycles. The number of nitrogens with two attached hydrogens (primary N) is 1. The molecule has 1 nitrogen and oxygen atoms in total. The van der Waals surface area contributed by atoms with Gasteiger partial charge in [0, 0.05) is 6.07 Å². The van der Waals surface area contributed by atoms with Crippen LogP contribution in [0, 0.1) is 17.6 Å². The normalized spacial score (nSPS) is 12.4. The Labute approximate surface area is 118 Å². The molecular formula is C17H19F2N. The molecule has 0 aliphatic rings. The van der Waals surface area contributed by atoms with E-state index in [9.17, 15) is 8.78 Å². The van der Waals surface area contributed by atoms with Gasteiger partial charge in [0.1, 0.15) is 11.6 Å². The van der Waals surface area contributed by atoms with Crippen LogP contribution in [0.2, 0.25) is 0 Å². The van der Waals surface area contributed by atoms with Gasteiger partial charge in [0.15, 0.2) is 0 Å². The molecular weight excluding hydrogens is 256 g/mol. The van der Waals surface area contributed by atoms with E-state index in [-0.39, 0.29) is 0 Å². The molecule has 3 heteroatoms. The SMILES string of the molecule is CC(CCN)Cc1ccc(-c2cc(F)cc(F)c2)cc1. The van der Waals surface area contributed by atoms with Gasteiger partial charge < -0.3 is 5.73 Å². The number of halogens is 2. The van der Waals surface area contributed by atoms with Crippen molar-refractivity contribution in [1.82, 2.24) is 0 Å². The summed E-state index contributed by atoms with van der Waals surface area (Å²) in [5, 5.41) is 0. The molecule has 0 aliphatic carbocycles. The minimum atomic E-state index is -0.555. The smallest absolute Gasteiger partial charge is 0.126 e. The van der Waals surface area contributed by atoms with Gasteiger partial charge in [-0.15, -0.1) is 0 Å². The first kappa shape index (κ1) is 14.7. The average Bonchev–Trinajstić information content (AvgIpc) is 2.38. The molecule has 2 aromatic rings. The number of hydrogen-bond donors (Lipinski definition) is 1. The Kier molecular flexibility index (Phi) is 4.85. The highest BCUT2D eigenvalue weighted by atomic mass is 19.1. The minimum Gasteiger partial charge on any atom is -0.330 e. The lowest BCUT2D eigenvalue weighted by Crippen LogP contribution is -2.07. The fourth-order valence-electron chi connectivity index (χ4n) is 2.34. The van der Waals surface area contributed by atoms with Crippen LogP contribution in [0.25, 0.3) is 11.1 Å². The molecule has 0 fully saturated rings. The van der Waals surface area contributed by atoms with Gasteiger partial charge >= 0.3 is 0 Å². The minimum absolute atomic E-state index is 0.539. The summed E-state index contributed by atoms with van der Waals surface area (Å²) in [6.07, 6.45) is 1.96. The van der Waals surface area contributed by atoms with Crippen LogP contribution >= 0.6 is 0 Å². The summed E-state index contributed by atoms with van der Waals surface area (Å²) in [6, 6.07) is 11.4. The predicted octanol–water partition coefficient (Wildman–Crippen LogP) is 4.16. The Morgan fingerprint density at radius 2 is 1.55 bits per heavy atom. The molecule has 1 unspecified atom stereocenters. The van der Waals surface area contributed by atoms with Gasteiger partial charge in [-0.3, -0.25) is 0 Å². The summed E-state index contributed by atoms with van der Waals surface area (Å²) in [7, 11) is 0. The van der Waals surface area contributed by atoms with Crippen molar-refractivity contribution in [3.05, 3.63) is 59.7 Å². The van der Waals surface area contributed by atoms with Gasteiger partial charge in [-0.1, -0.05) is 31.2 Å². The van der Waals surface area contributed by atoms with Crippen LogP contribution in [0.1, 0.15) is 18.9 Å². The third-order valence-corrected chi connectivity index (χ3v) is 3.39. The molecule has 0 saturated carbocycles. The fraction of sp³-hybridized carbons (Fsp3) is 0.294. The van der Waals surface area contributed by atoms with Crippen LogP contribution < -0.4 is 5.73 Å². The van der Waals surface area contributed by atoms with Gasteiger partial charge in [0.05, 0.1) is 0 Å². The summed E-state index contributed by atoms with van der Waals surface area (Å²) < 4.78 is 26.4. The number of rotatable bonds is 5. The van der Waals surface area contributed by atoms with E-state index in [1.54, 1.807) is 0 Å². The summed E-state index contributed by atoms with van der Waals surface area (Å²) in [5.74, 6) is -0.571. The second-order valence-electron chi connectivity index (χ2n) is 5.24. The van der Waals surface area contributed by atoms with Crippen LogP contribution in [0.15, 0.2) is 42.5 Å². The lowest BCUT2D eigenvalue weighted by molar-refractivity contribution is 0.538. The summed E-state index contributed by atoms with van der Waals surface area (Å²) >= 11 is 0. The molecule has 0 bridgehead atoms. The molecule has 2 N–H and O–H groups in total. The van der Waals surface area contributed by atoms with Gasteiger partial charge in [-0.05, 0) is 54.1 Å². The van der Waals surface area contributed by atoms with E-state index >= 15 is 0 Å². The quantitative estimate of drug-likeness (QED) is 0.871. The summed E-state index contributed by atoms with van der Waals surface area (Å²) in [6.45, 7) is 2.87. The monoisotopic (exact) mass is 275 g/mol. The Balaban J connectivity index is 2.15. The summed E-state index contributed by atoms with van der Waals surface area (Å²) in [4.78, 5) is 0. The Bertz CT molecular complexity index is 543. The molecule has 0 spiro atoms. The maximum absolute atomic E-state index is 13.2. The lowest BCUT2D eigenvalue weighted by Gasteiger charge is -2.10. The van der Waals surface area contributed by atoms with Crippen LogP contribution in [0.3, 0.4) is 0 Å². The van der Waals surface area contributed by atoms with E-state index in [0.29, 0.717) is 18.0 Å². The van der Waals surface area contributed by atoms with Crippen molar-refractivity contribution >= 4 is 0 Å². The van der Waals surface area contributed by atoms with Crippen LogP contribution in [0.4, 0.5) is 8.78 Å². The molecule has 0 saturated heterocycles. The zero-order valence-electron chi connectivity index (χ0n) is 11.6. The first-order chi connectivity index (χ1) is 9.58. The second kappa shape index (κ2) is 6.62. The van der Waals surface area contributed by atoms with Gasteiger partial charge in [0.25, 0.3) is 0 Å². The zero-order chi connectivity index (χ0) is 14.5. The number of benzene rings is 2. The van der Waals surface area contributed by atoms with Crippen LogP contribution in [-0.4, -0.2) is 6.54 Å². The molecule has 106 valence electrons. The highest BCUT2D eigenvalue weighted by Crippen LogP contribution is 2.23.